The molecule has 1 saturated heterocycles. The van der Waals surface area contributed by atoms with Gasteiger partial charge in [-0.25, -0.2) is 13.9 Å². The Morgan fingerprint density at radius 1 is 1.31 bits per heavy atom. The summed E-state index contributed by atoms with van der Waals surface area (Å²) in [5.74, 6) is 0.781. The number of aromatic nitrogens is 3. The molecule has 4 heterocycles. The largest absolute Gasteiger partial charge is 0.491 e. The van der Waals surface area contributed by atoms with Crippen molar-refractivity contribution in [3.05, 3.63) is 53.6 Å². The van der Waals surface area contributed by atoms with Gasteiger partial charge in [0.15, 0.2) is 11.3 Å². The Morgan fingerprint density at radius 2 is 2.17 bits per heavy atom. The summed E-state index contributed by atoms with van der Waals surface area (Å²) < 4.78 is 21.9. The van der Waals surface area contributed by atoms with Gasteiger partial charge in [0.05, 0.1) is 17.8 Å². The normalized spacial score (nSPS) is 24.2. The minimum absolute atomic E-state index is 0.248. The number of amides is 1. The molecule has 0 saturated carbocycles. The molecule has 3 aromatic rings. The third-order valence-corrected chi connectivity index (χ3v) is 5.89. The maximum atomic E-state index is 14.2. The van der Waals surface area contributed by atoms with Crippen LogP contribution in [0.4, 0.5) is 10.2 Å². The molecule has 2 bridgehead atoms. The van der Waals surface area contributed by atoms with Crippen molar-refractivity contribution in [1.82, 2.24) is 19.9 Å². The van der Waals surface area contributed by atoms with Crippen LogP contribution in [-0.2, 0) is 5.54 Å². The molecule has 150 valence electrons. The van der Waals surface area contributed by atoms with Crippen molar-refractivity contribution in [3.8, 4) is 5.75 Å². The van der Waals surface area contributed by atoms with Crippen LogP contribution in [0.25, 0.3) is 5.65 Å². The first-order valence-corrected chi connectivity index (χ1v) is 9.82. The van der Waals surface area contributed by atoms with Gasteiger partial charge >= 0.3 is 0 Å². The number of ether oxygens (including phenoxy) is 1. The van der Waals surface area contributed by atoms with E-state index >= 15 is 0 Å². The topological polar surface area (TPSA) is 71.8 Å². The summed E-state index contributed by atoms with van der Waals surface area (Å²) in [6.45, 7) is 5.01. The fourth-order valence-electron chi connectivity index (χ4n) is 4.38. The van der Waals surface area contributed by atoms with E-state index in [-0.39, 0.29) is 24.4 Å². The molecule has 1 N–H and O–H groups in total. The van der Waals surface area contributed by atoms with Crippen molar-refractivity contribution in [3.63, 3.8) is 0 Å². The van der Waals surface area contributed by atoms with Gasteiger partial charge in [0, 0.05) is 12.1 Å². The van der Waals surface area contributed by atoms with Crippen LogP contribution >= 0.6 is 0 Å². The van der Waals surface area contributed by atoms with E-state index in [4.69, 9.17) is 9.84 Å². The molecule has 0 spiro atoms. The number of nitrogens with one attached hydrogen (secondary N) is 1. The van der Waals surface area contributed by atoms with Crippen LogP contribution in [0.3, 0.4) is 0 Å². The number of nitrogens with zero attached hydrogens (tertiary/aromatic N) is 4. The number of carbonyl (C=O) groups excluding carboxylic acids is 1. The molecule has 2 aromatic heterocycles. The molecular formula is C21H22FN5O2. The predicted octanol–water partition coefficient (Wildman–Crippen LogP) is 2.89. The van der Waals surface area contributed by atoms with Crippen molar-refractivity contribution in [2.45, 2.75) is 38.3 Å². The van der Waals surface area contributed by atoms with Crippen LogP contribution in [0.15, 0.2) is 36.5 Å². The van der Waals surface area contributed by atoms with Gasteiger partial charge in [0.1, 0.15) is 24.0 Å². The molecule has 8 heteroatoms. The highest BCUT2D eigenvalue weighted by Gasteiger charge is 2.41. The van der Waals surface area contributed by atoms with Gasteiger partial charge in [0.2, 0.25) is 0 Å². The summed E-state index contributed by atoms with van der Waals surface area (Å²) in [7, 11) is 0. The number of halogens is 1. The van der Waals surface area contributed by atoms with E-state index in [0.717, 1.165) is 24.9 Å². The average molecular weight is 395 g/mol. The zero-order valence-electron chi connectivity index (χ0n) is 16.4. The maximum Gasteiger partial charge on any atom is 0.271 e. The highest BCUT2D eigenvalue weighted by Crippen LogP contribution is 2.44. The molecule has 2 atom stereocenters. The first-order chi connectivity index (χ1) is 14.0. The van der Waals surface area contributed by atoms with E-state index in [9.17, 15) is 9.18 Å². The van der Waals surface area contributed by atoms with Crippen molar-refractivity contribution in [2.75, 3.05) is 18.1 Å². The number of benzene rings is 1. The Kier molecular flexibility index (Phi) is 3.97. The summed E-state index contributed by atoms with van der Waals surface area (Å²) in [5.41, 5.74) is 1.29. The van der Waals surface area contributed by atoms with Crippen molar-refractivity contribution < 1.29 is 13.9 Å². The highest BCUT2D eigenvalue weighted by atomic mass is 19.1. The van der Waals surface area contributed by atoms with Crippen molar-refractivity contribution in [2.24, 2.45) is 0 Å². The van der Waals surface area contributed by atoms with Crippen molar-refractivity contribution in [1.29, 1.82) is 0 Å². The number of fused-ring (bicyclic) bond motifs is 5. The fraction of sp³-hybridized carbons (Fsp3) is 0.381. The highest BCUT2D eigenvalue weighted by molar-refractivity contribution is 5.93. The van der Waals surface area contributed by atoms with Crippen LogP contribution in [-0.4, -0.2) is 39.7 Å². The van der Waals surface area contributed by atoms with Crippen LogP contribution in [0.5, 0.6) is 5.75 Å². The Labute approximate surface area is 167 Å². The van der Waals surface area contributed by atoms with Crippen LogP contribution in [0.1, 0.15) is 42.7 Å². The van der Waals surface area contributed by atoms with Gasteiger partial charge in [-0.2, -0.15) is 0 Å². The quantitative estimate of drug-likeness (QED) is 0.634. The Morgan fingerprint density at radius 3 is 3.03 bits per heavy atom. The molecule has 1 aromatic carbocycles. The summed E-state index contributed by atoms with van der Waals surface area (Å²) in [4.78, 5) is 19.2. The molecule has 29 heavy (non-hydrogen) atoms. The van der Waals surface area contributed by atoms with E-state index in [1.807, 2.05) is 19.1 Å². The second kappa shape index (κ2) is 6.43. The number of imidazole rings is 1. The number of hydrogen-bond donors (Lipinski definition) is 1. The van der Waals surface area contributed by atoms with E-state index in [2.05, 4.69) is 22.1 Å². The van der Waals surface area contributed by atoms with E-state index < -0.39 is 5.54 Å². The van der Waals surface area contributed by atoms with Crippen LogP contribution < -0.4 is 15.0 Å². The molecule has 0 unspecified atom stereocenters. The molecule has 2 aliphatic heterocycles. The lowest BCUT2D eigenvalue weighted by Gasteiger charge is -2.37. The summed E-state index contributed by atoms with van der Waals surface area (Å²) in [5, 5.41) is 7.65. The smallest absolute Gasteiger partial charge is 0.271 e. The second-order valence-electron chi connectivity index (χ2n) is 7.96. The predicted molar refractivity (Wildman–Crippen MR) is 106 cm³/mol. The lowest BCUT2D eigenvalue weighted by atomic mass is 9.88. The number of anilines is 1. The monoisotopic (exact) mass is 395 g/mol. The maximum absolute atomic E-state index is 14.2. The van der Waals surface area contributed by atoms with Gasteiger partial charge in [0.25, 0.3) is 5.91 Å². The summed E-state index contributed by atoms with van der Waals surface area (Å²) in [6.07, 6.45) is 3.32. The van der Waals surface area contributed by atoms with Gasteiger partial charge in [-0.15, -0.1) is 5.10 Å². The SMILES string of the molecule is C[C@@H]1COc2ccc(F)cc2[C@@]2(C)CCCN2c2ccc3ncc(n3n2)C(=O)N1. The third kappa shape index (κ3) is 2.82. The van der Waals surface area contributed by atoms with Crippen LogP contribution in [0.2, 0.25) is 0 Å². The Balaban J connectivity index is 1.73. The number of rotatable bonds is 0. The van der Waals surface area contributed by atoms with E-state index in [0.29, 0.717) is 22.9 Å². The lowest BCUT2D eigenvalue weighted by molar-refractivity contribution is 0.0919. The number of hydrogen-bond acceptors (Lipinski definition) is 5. The van der Waals surface area contributed by atoms with E-state index in [1.165, 1.54) is 12.3 Å². The standard InChI is InChI=1S/C21H22FN5O2/c1-13-12-29-17-5-4-14(22)10-15(17)21(2)8-3-9-26(21)19-7-6-18-23-11-16(20(28)24-13)27(18)25-19/h4-7,10-11,13H,3,8-9,12H2,1-2H3,(H,24,28)/t13-,21-/m1/s1. The molecule has 5 rings (SSSR count). The molecule has 2 aliphatic rings. The zero-order valence-corrected chi connectivity index (χ0v) is 16.4. The van der Waals surface area contributed by atoms with Gasteiger partial charge < -0.3 is 15.0 Å². The summed E-state index contributed by atoms with van der Waals surface area (Å²) in [6, 6.07) is 8.13. The second-order valence-corrected chi connectivity index (χ2v) is 7.96. The average Bonchev–Trinajstić information content (AvgIpc) is 3.30. The zero-order chi connectivity index (χ0) is 20.2. The third-order valence-electron chi connectivity index (χ3n) is 5.89. The first-order valence-electron chi connectivity index (χ1n) is 9.82. The Bertz CT molecular complexity index is 1110. The van der Waals surface area contributed by atoms with Gasteiger partial charge in [-0.1, -0.05) is 0 Å². The molecule has 0 radical (unpaired) electrons. The summed E-state index contributed by atoms with van der Waals surface area (Å²) >= 11 is 0. The molecular weight excluding hydrogens is 373 g/mol. The molecule has 1 fully saturated rings. The van der Waals surface area contributed by atoms with Crippen LogP contribution in [0, 0.1) is 5.82 Å². The van der Waals surface area contributed by atoms with Gasteiger partial charge in [-0.3, -0.25) is 4.79 Å². The molecule has 7 nitrogen and oxygen atoms in total. The minimum atomic E-state index is -0.479. The molecule has 0 aliphatic carbocycles. The fourth-order valence-corrected chi connectivity index (χ4v) is 4.38. The lowest BCUT2D eigenvalue weighted by Crippen LogP contribution is -2.40. The van der Waals surface area contributed by atoms with Gasteiger partial charge in [-0.05, 0) is 57.0 Å². The number of carbonyl (C=O) groups is 1. The minimum Gasteiger partial charge on any atom is -0.491 e. The molecule has 1 amide bonds. The van der Waals surface area contributed by atoms with E-state index in [1.54, 1.807) is 16.6 Å². The van der Waals surface area contributed by atoms with Crippen molar-refractivity contribution >= 4 is 17.4 Å². The first kappa shape index (κ1) is 17.9. The Hall–Kier alpha value is -3.16.